The molecule has 0 aromatic heterocycles. The Balaban J connectivity index is 6.60. The molecule has 5 nitrogen and oxygen atoms in total. The highest BCUT2D eigenvalue weighted by molar-refractivity contribution is 6.92. The minimum atomic E-state index is -3.10. The molecule has 0 spiro atoms. The maximum Gasteiger partial charge on any atom is 0.473 e. The van der Waals surface area contributed by atoms with Crippen LogP contribution in [0.25, 0.3) is 0 Å². The maximum absolute atomic E-state index is 11.8. The summed E-state index contributed by atoms with van der Waals surface area (Å²) in [5.74, 6) is -0.396. The first kappa shape index (κ1) is 32.0. The Kier molecular flexibility index (Phi) is 15.0. The van der Waals surface area contributed by atoms with Crippen molar-refractivity contribution in [1.29, 1.82) is 0 Å². The van der Waals surface area contributed by atoms with Gasteiger partial charge >= 0.3 is 14.8 Å². The molecule has 0 aromatic rings. The molecule has 0 N–H and O–H groups in total. The Morgan fingerprint density at radius 2 is 0.906 bits per heavy atom. The predicted octanol–water partition coefficient (Wildman–Crippen LogP) is 7.72. The fourth-order valence-corrected chi connectivity index (χ4v) is 25.3. The van der Waals surface area contributed by atoms with Crippen molar-refractivity contribution >= 4 is 39.7 Å². The molecule has 9 heteroatoms. The van der Waals surface area contributed by atoms with Crippen molar-refractivity contribution in [2.75, 3.05) is 6.61 Å². The van der Waals surface area contributed by atoms with Crippen molar-refractivity contribution in [2.24, 2.45) is 0 Å². The third kappa shape index (κ3) is 8.63. The van der Waals surface area contributed by atoms with Gasteiger partial charge in [-0.25, -0.2) is 4.79 Å². The molecule has 0 amide bonds. The second-order valence-corrected chi connectivity index (χ2v) is 26.6. The van der Waals surface area contributed by atoms with Crippen LogP contribution in [0.2, 0.25) is 60.4 Å². The molecule has 32 heavy (non-hydrogen) atoms. The highest BCUT2D eigenvalue weighted by Gasteiger charge is 2.55. The van der Waals surface area contributed by atoms with E-state index in [1.807, 2.05) is 0 Å². The van der Waals surface area contributed by atoms with Crippen molar-refractivity contribution in [3.8, 4) is 0 Å². The quantitative estimate of drug-likeness (QED) is 0.0991. The molecule has 0 aliphatic rings. The highest BCUT2D eigenvalue weighted by Crippen LogP contribution is 2.38. The van der Waals surface area contributed by atoms with Gasteiger partial charge in [-0.05, 0) is 54.4 Å². The van der Waals surface area contributed by atoms with Gasteiger partial charge in [0.2, 0.25) is 0 Å². The van der Waals surface area contributed by atoms with Crippen LogP contribution in [0.4, 0.5) is 0 Å². The van der Waals surface area contributed by atoms with E-state index in [0.29, 0.717) is 6.04 Å². The van der Waals surface area contributed by atoms with Crippen LogP contribution in [0, 0.1) is 0 Å². The first-order chi connectivity index (χ1) is 15.1. The van der Waals surface area contributed by atoms with E-state index in [4.69, 9.17) is 17.1 Å². The number of hydrogen-bond donors (Lipinski definition) is 0. The Morgan fingerprint density at radius 1 is 0.625 bits per heavy atom. The maximum atomic E-state index is 11.8. The zero-order valence-corrected chi connectivity index (χ0v) is 26.6. The lowest BCUT2D eigenvalue weighted by molar-refractivity contribution is -0.137. The molecular weight excluding hydrogens is 469 g/mol. The van der Waals surface area contributed by atoms with Gasteiger partial charge in [0.25, 0.3) is 0 Å². The average Bonchev–Trinajstić information content (AvgIpc) is 2.84. The SMILES string of the molecule is C=CC(=O)OCC[Si](O[Si](CC)(CC)CC)(O[Si](CC)(CC)CC)O[Si](CC)(CC)CC. The van der Waals surface area contributed by atoms with Gasteiger partial charge in [-0.1, -0.05) is 68.9 Å². The molecule has 0 aliphatic heterocycles. The number of rotatable bonds is 19. The van der Waals surface area contributed by atoms with Gasteiger partial charge in [0.1, 0.15) is 0 Å². The molecule has 0 saturated carbocycles. The molecule has 0 atom stereocenters. The van der Waals surface area contributed by atoms with Crippen molar-refractivity contribution in [3.63, 3.8) is 0 Å². The van der Waals surface area contributed by atoms with Crippen molar-refractivity contribution in [3.05, 3.63) is 12.7 Å². The Morgan fingerprint density at radius 3 is 1.12 bits per heavy atom. The first-order valence-electron chi connectivity index (χ1n) is 13.0. The van der Waals surface area contributed by atoms with Crippen LogP contribution in [0.1, 0.15) is 62.3 Å². The number of esters is 1. The summed E-state index contributed by atoms with van der Waals surface area (Å²) in [4.78, 5) is 11.8. The molecule has 190 valence electrons. The van der Waals surface area contributed by atoms with Crippen LogP contribution in [-0.2, 0) is 21.9 Å². The topological polar surface area (TPSA) is 54.0 Å². The van der Waals surface area contributed by atoms with Crippen molar-refractivity contribution < 1.29 is 21.9 Å². The summed E-state index contributed by atoms with van der Waals surface area (Å²) in [6, 6.07) is 9.97. The van der Waals surface area contributed by atoms with Crippen LogP contribution in [0.15, 0.2) is 12.7 Å². The zero-order valence-electron chi connectivity index (χ0n) is 22.6. The van der Waals surface area contributed by atoms with Gasteiger partial charge in [0.15, 0.2) is 25.0 Å². The van der Waals surface area contributed by atoms with E-state index in [9.17, 15) is 4.79 Å². The third-order valence-corrected chi connectivity index (χ3v) is 29.1. The molecule has 0 radical (unpaired) electrons. The zero-order chi connectivity index (χ0) is 24.9. The van der Waals surface area contributed by atoms with Gasteiger partial charge in [0.05, 0.1) is 6.61 Å². The van der Waals surface area contributed by atoms with E-state index >= 15 is 0 Å². The third-order valence-electron chi connectivity index (χ3n) is 7.73. The molecule has 0 unspecified atom stereocenters. The summed E-state index contributed by atoms with van der Waals surface area (Å²) in [5, 5.41) is 0. The largest absolute Gasteiger partial charge is 0.473 e. The van der Waals surface area contributed by atoms with Crippen LogP contribution >= 0.6 is 0 Å². The van der Waals surface area contributed by atoms with E-state index < -0.39 is 39.7 Å². The summed E-state index contributed by atoms with van der Waals surface area (Å²) in [5.41, 5.74) is 0. The number of ether oxygens (including phenoxy) is 1. The normalized spacial score (nSPS) is 13.3. The first-order valence-corrected chi connectivity index (χ1v) is 22.5. The van der Waals surface area contributed by atoms with Gasteiger partial charge in [0, 0.05) is 12.1 Å². The monoisotopic (exact) mass is 520 g/mol. The minimum Gasteiger partial charge on any atom is -0.463 e. The summed E-state index contributed by atoms with van der Waals surface area (Å²) < 4.78 is 27.4. The fraction of sp³-hybridized carbons (Fsp3) is 0.870. The van der Waals surface area contributed by atoms with Gasteiger partial charge < -0.3 is 17.1 Å². The number of carbonyl (C=O) groups is 1. The lowest BCUT2D eigenvalue weighted by atomic mass is 10.6. The molecule has 0 rings (SSSR count). The van der Waals surface area contributed by atoms with E-state index in [1.54, 1.807) is 0 Å². The smallest absolute Gasteiger partial charge is 0.463 e. The lowest BCUT2D eigenvalue weighted by Crippen LogP contribution is -2.64. The predicted molar refractivity (Wildman–Crippen MR) is 147 cm³/mol. The van der Waals surface area contributed by atoms with Gasteiger partial charge in [-0.15, -0.1) is 0 Å². The minimum absolute atomic E-state index is 0.266. The molecule has 0 heterocycles. The van der Waals surface area contributed by atoms with Crippen LogP contribution < -0.4 is 0 Å². The van der Waals surface area contributed by atoms with Gasteiger partial charge in [-0.2, -0.15) is 0 Å². The second-order valence-electron chi connectivity index (χ2n) is 8.84. The molecular formula is C23H52O5Si4. The van der Waals surface area contributed by atoms with Crippen molar-refractivity contribution in [2.45, 2.75) is 123 Å². The Hall–Kier alpha value is -0.0425. The number of carbonyl (C=O) groups excluding carboxylic acids is 1. The standard InChI is InChI=1S/C23H52O5Si4/c1-11-23(24)25-21-22-32(26-29(12-2,13-3)14-4,27-30(15-5,16-6)17-7)28-31(18-8,19-9)20-10/h11H,1,12-22H2,2-10H3. The Labute approximate surface area is 203 Å². The molecule has 0 fully saturated rings. The fourth-order valence-electron chi connectivity index (χ4n) is 4.44. The summed E-state index contributed by atoms with van der Waals surface area (Å²) >= 11 is 0. The summed E-state index contributed by atoms with van der Waals surface area (Å²) in [6.45, 7) is 24.1. The van der Waals surface area contributed by atoms with E-state index in [2.05, 4.69) is 68.9 Å². The van der Waals surface area contributed by atoms with Crippen LogP contribution in [0.3, 0.4) is 0 Å². The summed E-state index contributed by atoms with van der Waals surface area (Å²) in [6.07, 6.45) is 1.22. The highest BCUT2D eigenvalue weighted by atomic mass is 28.5. The average molecular weight is 521 g/mol. The Bertz CT molecular complexity index is 467. The second kappa shape index (κ2) is 15.1. The summed E-state index contributed by atoms with van der Waals surface area (Å²) in [7, 11) is -9.15. The van der Waals surface area contributed by atoms with Crippen LogP contribution in [-0.4, -0.2) is 46.3 Å². The molecule has 0 aliphatic carbocycles. The van der Waals surface area contributed by atoms with E-state index in [-0.39, 0.29) is 6.61 Å². The number of hydrogen-bond acceptors (Lipinski definition) is 5. The van der Waals surface area contributed by atoms with E-state index in [0.717, 1.165) is 54.4 Å². The van der Waals surface area contributed by atoms with Crippen molar-refractivity contribution in [1.82, 2.24) is 0 Å². The lowest BCUT2D eigenvalue weighted by Gasteiger charge is -2.48. The van der Waals surface area contributed by atoms with Crippen LogP contribution in [0.5, 0.6) is 0 Å². The van der Waals surface area contributed by atoms with E-state index in [1.165, 1.54) is 6.08 Å². The van der Waals surface area contributed by atoms with Gasteiger partial charge in [-0.3, -0.25) is 0 Å². The molecule has 0 saturated heterocycles. The molecule has 0 bridgehead atoms. The molecule has 0 aromatic carbocycles.